The van der Waals surface area contributed by atoms with Crippen molar-refractivity contribution in [2.75, 3.05) is 18.5 Å². The average molecular weight is 384 g/mol. The summed E-state index contributed by atoms with van der Waals surface area (Å²) in [6.07, 6.45) is 1.08. The predicted octanol–water partition coefficient (Wildman–Crippen LogP) is 5.64. The Balaban J connectivity index is 1.45. The third kappa shape index (κ3) is 2.35. The lowest BCUT2D eigenvalue weighted by atomic mass is 9.94. The summed E-state index contributed by atoms with van der Waals surface area (Å²) in [5.74, 6) is 0. The number of nitrogens with zero attached hydrogens (tertiary/aromatic N) is 1. The quantitative estimate of drug-likeness (QED) is 0.446. The van der Waals surface area contributed by atoms with E-state index in [-0.39, 0.29) is 6.04 Å². The molecule has 0 radical (unpaired) electrons. The van der Waals surface area contributed by atoms with Gasteiger partial charge in [-0.1, -0.05) is 48.2 Å². The summed E-state index contributed by atoms with van der Waals surface area (Å²) >= 11 is 1.87. The number of H-pyrrole nitrogens is 1. The van der Waals surface area contributed by atoms with Crippen LogP contribution >= 0.6 is 11.8 Å². The zero-order chi connectivity index (χ0) is 18.7. The standard InChI is InChI=1S/C24H21N3S/c1-27-19-8-4-5-9-21(19)28-22-14-15(10-11-20(22)27)23-24-17(12-13-25-23)16-6-2-3-7-18(16)26-24/h2-11,14,23,25-26H,12-13H2,1H3. The molecule has 28 heavy (non-hydrogen) atoms. The van der Waals surface area contributed by atoms with Gasteiger partial charge < -0.3 is 15.2 Å². The van der Waals surface area contributed by atoms with Gasteiger partial charge in [-0.3, -0.25) is 0 Å². The van der Waals surface area contributed by atoms with Gasteiger partial charge >= 0.3 is 0 Å². The maximum atomic E-state index is 3.74. The van der Waals surface area contributed by atoms with Crippen molar-refractivity contribution in [3.63, 3.8) is 0 Å². The molecule has 0 spiro atoms. The average Bonchev–Trinajstić information content (AvgIpc) is 3.12. The molecule has 3 nitrogen and oxygen atoms in total. The van der Waals surface area contributed by atoms with Gasteiger partial charge in [-0.05, 0) is 47.9 Å². The Morgan fingerprint density at radius 1 is 0.929 bits per heavy atom. The summed E-state index contributed by atoms with van der Waals surface area (Å²) in [6.45, 7) is 1.01. The molecule has 1 unspecified atom stereocenters. The van der Waals surface area contributed by atoms with Crippen LogP contribution in [0.15, 0.2) is 76.5 Å². The number of nitrogens with one attached hydrogen (secondary N) is 2. The number of aromatic amines is 1. The number of benzene rings is 3. The largest absolute Gasteiger partial charge is 0.357 e. The Morgan fingerprint density at radius 3 is 2.71 bits per heavy atom. The summed E-state index contributed by atoms with van der Waals surface area (Å²) in [4.78, 5) is 8.63. The van der Waals surface area contributed by atoms with E-state index >= 15 is 0 Å². The normalized spacial score (nSPS) is 17.9. The fraction of sp³-hybridized carbons (Fsp3) is 0.167. The molecular weight excluding hydrogens is 362 g/mol. The molecular formula is C24H21N3S. The van der Waals surface area contributed by atoms with Crippen molar-refractivity contribution in [3.05, 3.63) is 83.6 Å². The minimum absolute atomic E-state index is 0.213. The maximum absolute atomic E-state index is 3.74. The molecule has 4 heteroatoms. The molecule has 2 N–H and O–H groups in total. The Hall–Kier alpha value is -2.69. The monoisotopic (exact) mass is 383 g/mol. The van der Waals surface area contributed by atoms with E-state index in [0.29, 0.717) is 0 Å². The van der Waals surface area contributed by atoms with Gasteiger partial charge in [0.1, 0.15) is 0 Å². The van der Waals surface area contributed by atoms with Gasteiger partial charge in [0.25, 0.3) is 0 Å². The van der Waals surface area contributed by atoms with E-state index in [1.165, 1.54) is 48.9 Å². The van der Waals surface area contributed by atoms with Crippen LogP contribution in [0.2, 0.25) is 0 Å². The lowest BCUT2D eigenvalue weighted by molar-refractivity contribution is 0.559. The second-order valence-electron chi connectivity index (χ2n) is 7.56. The number of rotatable bonds is 1. The van der Waals surface area contributed by atoms with Crippen molar-refractivity contribution < 1.29 is 0 Å². The Morgan fingerprint density at radius 2 is 1.75 bits per heavy atom. The molecule has 0 bridgehead atoms. The highest BCUT2D eigenvalue weighted by Crippen LogP contribution is 2.48. The zero-order valence-corrected chi connectivity index (χ0v) is 16.5. The molecule has 1 aromatic heterocycles. The molecule has 0 saturated heterocycles. The summed E-state index contributed by atoms with van der Waals surface area (Å²) in [6, 6.07) is 24.4. The molecule has 0 saturated carbocycles. The number of hydrogen-bond acceptors (Lipinski definition) is 3. The van der Waals surface area contributed by atoms with Gasteiger partial charge in [-0.2, -0.15) is 0 Å². The van der Waals surface area contributed by atoms with Crippen LogP contribution in [0.3, 0.4) is 0 Å². The SMILES string of the molecule is CN1c2ccccc2Sc2cc(C3NCCc4c3[nH]c3ccccc43)ccc21. The van der Waals surface area contributed by atoms with Crippen LogP contribution in [0.25, 0.3) is 10.9 Å². The Bertz CT molecular complexity index is 1210. The second-order valence-corrected chi connectivity index (χ2v) is 8.64. The summed E-state index contributed by atoms with van der Waals surface area (Å²) < 4.78 is 0. The lowest BCUT2D eigenvalue weighted by Gasteiger charge is -2.31. The first kappa shape index (κ1) is 16.3. The van der Waals surface area contributed by atoms with Crippen LogP contribution in [-0.4, -0.2) is 18.6 Å². The lowest BCUT2D eigenvalue weighted by Crippen LogP contribution is -2.30. The molecule has 2 aliphatic heterocycles. The van der Waals surface area contributed by atoms with E-state index in [2.05, 4.69) is 89.0 Å². The topological polar surface area (TPSA) is 31.1 Å². The van der Waals surface area contributed by atoms with Crippen LogP contribution in [0, 0.1) is 0 Å². The molecule has 0 amide bonds. The molecule has 0 fully saturated rings. The highest BCUT2D eigenvalue weighted by Gasteiger charge is 2.27. The molecule has 3 heterocycles. The van der Waals surface area contributed by atoms with E-state index in [1.807, 2.05) is 11.8 Å². The van der Waals surface area contributed by atoms with E-state index in [4.69, 9.17) is 0 Å². The highest BCUT2D eigenvalue weighted by molar-refractivity contribution is 7.99. The Labute approximate surface area is 168 Å². The van der Waals surface area contributed by atoms with Crippen LogP contribution in [0.4, 0.5) is 11.4 Å². The van der Waals surface area contributed by atoms with Crippen molar-refractivity contribution in [2.24, 2.45) is 0 Å². The van der Waals surface area contributed by atoms with E-state index in [9.17, 15) is 0 Å². The molecule has 3 aromatic carbocycles. The summed E-state index contributed by atoms with van der Waals surface area (Å²) in [7, 11) is 2.16. The molecule has 2 aliphatic rings. The first-order chi connectivity index (χ1) is 13.8. The van der Waals surface area contributed by atoms with E-state index in [1.54, 1.807) is 0 Å². The minimum atomic E-state index is 0.213. The van der Waals surface area contributed by atoms with Gasteiger partial charge in [0.15, 0.2) is 0 Å². The van der Waals surface area contributed by atoms with Crippen LogP contribution in [0.1, 0.15) is 22.9 Å². The zero-order valence-electron chi connectivity index (χ0n) is 15.7. The number of hydrogen-bond donors (Lipinski definition) is 2. The number of aromatic nitrogens is 1. The van der Waals surface area contributed by atoms with Gasteiger partial charge in [-0.25, -0.2) is 0 Å². The molecule has 4 aromatic rings. The fourth-order valence-corrected chi connectivity index (χ4v) is 5.80. The van der Waals surface area contributed by atoms with Crippen LogP contribution in [0.5, 0.6) is 0 Å². The first-order valence-corrected chi connectivity index (χ1v) is 10.6. The first-order valence-electron chi connectivity index (χ1n) is 9.77. The van der Waals surface area contributed by atoms with Gasteiger partial charge in [-0.15, -0.1) is 0 Å². The van der Waals surface area contributed by atoms with Gasteiger partial charge in [0.05, 0.1) is 17.4 Å². The predicted molar refractivity (Wildman–Crippen MR) is 117 cm³/mol. The van der Waals surface area contributed by atoms with Gasteiger partial charge in [0.2, 0.25) is 0 Å². The number of anilines is 2. The highest BCUT2D eigenvalue weighted by atomic mass is 32.2. The molecule has 0 aliphatic carbocycles. The maximum Gasteiger partial charge on any atom is 0.0732 e. The number of fused-ring (bicyclic) bond motifs is 5. The molecule has 1 atom stereocenters. The number of para-hydroxylation sites is 2. The minimum Gasteiger partial charge on any atom is -0.357 e. The van der Waals surface area contributed by atoms with Crippen molar-refractivity contribution in [2.45, 2.75) is 22.3 Å². The third-order valence-corrected chi connectivity index (χ3v) is 7.10. The van der Waals surface area contributed by atoms with Crippen molar-refractivity contribution in [3.8, 4) is 0 Å². The molecule has 138 valence electrons. The van der Waals surface area contributed by atoms with Crippen LogP contribution < -0.4 is 10.2 Å². The van der Waals surface area contributed by atoms with Crippen molar-refractivity contribution in [1.82, 2.24) is 10.3 Å². The van der Waals surface area contributed by atoms with Gasteiger partial charge in [0, 0.05) is 40.0 Å². The fourth-order valence-electron chi connectivity index (χ4n) is 4.60. The van der Waals surface area contributed by atoms with E-state index < -0.39 is 0 Å². The van der Waals surface area contributed by atoms with Crippen molar-refractivity contribution in [1.29, 1.82) is 0 Å². The molecule has 6 rings (SSSR count). The summed E-state index contributed by atoms with van der Waals surface area (Å²) in [5, 5.41) is 5.10. The van der Waals surface area contributed by atoms with Crippen LogP contribution in [-0.2, 0) is 6.42 Å². The third-order valence-electron chi connectivity index (χ3n) is 5.98. The van der Waals surface area contributed by atoms with Crippen molar-refractivity contribution >= 4 is 34.0 Å². The van der Waals surface area contributed by atoms with E-state index in [0.717, 1.165) is 13.0 Å². The summed E-state index contributed by atoms with van der Waals surface area (Å²) in [5.41, 5.74) is 7.91. The smallest absolute Gasteiger partial charge is 0.0732 e. The Kier molecular flexibility index (Phi) is 3.58. The second kappa shape index (κ2) is 6.16.